The molecule has 4 aromatic heterocycles. The predicted molar refractivity (Wildman–Crippen MR) is 299 cm³/mol. The van der Waals surface area contributed by atoms with Gasteiger partial charge < -0.3 is 18.0 Å². The number of aromatic nitrogens is 2. The lowest BCUT2D eigenvalue weighted by Crippen LogP contribution is -2.20. The van der Waals surface area contributed by atoms with Crippen molar-refractivity contribution in [3.05, 3.63) is 249 Å². The Bertz CT molecular complexity index is 4450. The Hall–Kier alpha value is -8.95. The van der Waals surface area contributed by atoms with E-state index in [-0.39, 0.29) is 0 Å². The van der Waals surface area contributed by atoms with Gasteiger partial charge >= 0.3 is 0 Å². The average Bonchev–Trinajstić information content (AvgIpc) is 4.18. The molecule has 0 bridgehead atoms. The lowest BCUT2D eigenvalue weighted by Gasteiger charge is -2.21. The van der Waals surface area contributed by atoms with Crippen LogP contribution in [0.4, 0.5) is 0 Å². The minimum Gasteiger partial charge on any atom is -0.456 e. The van der Waals surface area contributed by atoms with Gasteiger partial charge in [0.15, 0.2) is 0 Å². The van der Waals surface area contributed by atoms with E-state index < -0.39 is 7.92 Å². The molecule has 0 aliphatic carbocycles. The van der Waals surface area contributed by atoms with Crippen molar-refractivity contribution in [2.24, 2.45) is 0 Å². The first kappa shape index (κ1) is 40.0. The summed E-state index contributed by atoms with van der Waals surface area (Å²) in [7, 11) is -0.873. The molecule has 5 heteroatoms. The SMILES string of the molecule is c1ccc(P(c2ccccc2)c2ccc(-c3ccc4oc5ccc(-n6c7ccccc7c7ccccc76)cc5c4c3)c(-c3ccc4oc5ccc(-n6c7ccccc7c7ccccc76)cc5c4c3)c2)cc1. The summed E-state index contributed by atoms with van der Waals surface area (Å²) < 4.78 is 18.0. The number of para-hydroxylation sites is 4. The zero-order valence-corrected chi connectivity index (χ0v) is 39.2. The normalized spacial score (nSPS) is 12.1. The predicted octanol–water partition coefficient (Wildman–Crippen LogP) is 16.8. The minimum absolute atomic E-state index is 0.863. The van der Waals surface area contributed by atoms with E-state index in [1.807, 2.05) is 0 Å². The van der Waals surface area contributed by atoms with Crippen LogP contribution in [0.3, 0.4) is 0 Å². The van der Waals surface area contributed by atoms with Crippen LogP contribution in [0.1, 0.15) is 0 Å². The Morgan fingerprint density at radius 1 is 0.254 bits per heavy atom. The maximum absolute atomic E-state index is 6.63. The summed E-state index contributed by atoms with van der Waals surface area (Å²) in [6, 6.07) is 90.5. The van der Waals surface area contributed by atoms with Crippen LogP contribution in [-0.4, -0.2) is 9.13 Å². The van der Waals surface area contributed by atoms with E-state index in [0.717, 1.165) is 77.5 Å². The van der Waals surface area contributed by atoms with Crippen LogP contribution in [0.15, 0.2) is 258 Å². The third-order valence-electron chi connectivity index (χ3n) is 14.5. The smallest absolute Gasteiger partial charge is 0.135 e. The van der Waals surface area contributed by atoms with Crippen molar-refractivity contribution >= 4 is 111 Å². The van der Waals surface area contributed by atoms with Crippen LogP contribution in [0, 0.1) is 0 Å². The van der Waals surface area contributed by atoms with Gasteiger partial charge in [0.1, 0.15) is 22.3 Å². The molecule has 0 saturated heterocycles. The number of benzene rings is 11. The van der Waals surface area contributed by atoms with Gasteiger partial charge in [0.2, 0.25) is 0 Å². The molecule has 0 unspecified atom stereocenters. The van der Waals surface area contributed by atoms with Gasteiger partial charge in [0.25, 0.3) is 0 Å². The molecule has 0 spiro atoms. The fourth-order valence-electron chi connectivity index (χ4n) is 11.3. The number of nitrogens with zero attached hydrogens (tertiary/aromatic N) is 2. The molecule has 0 N–H and O–H groups in total. The highest BCUT2D eigenvalue weighted by molar-refractivity contribution is 7.79. The first-order chi connectivity index (χ1) is 35.2. The molecule has 0 fully saturated rings. The van der Waals surface area contributed by atoms with Crippen LogP contribution in [0.2, 0.25) is 0 Å². The summed E-state index contributed by atoms with van der Waals surface area (Å²) in [6.45, 7) is 0. The van der Waals surface area contributed by atoms with Crippen molar-refractivity contribution in [3.8, 4) is 33.6 Å². The summed E-state index contributed by atoms with van der Waals surface area (Å²) in [4.78, 5) is 0. The fraction of sp³-hybridized carbons (Fsp3) is 0. The molecule has 15 aromatic rings. The van der Waals surface area contributed by atoms with Gasteiger partial charge in [-0.3, -0.25) is 0 Å². The molecule has 71 heavy (non-hydrogen) atoms. The first-order valence-corrected chi connectivity index (χ1v) is 25.5. The van der Waals surface area contributed by atoms with Crippen molar-refractivity contribution in [2.45, 2.75) is 0 Å². The van der Waals surface area contributed by atoms with Gasteiger partial charge in [-0.05, 0) is 137 Å². The number of hydrogen-bond acceptors (Lipinski definition) is 2. The van der Waals surface area contributed by atoms with Crippen molar-refractivity contribution in [1.29, 1.82) is 0 Å². The van der Waals surface area contributed by atoms with Crippen LogP contribution in [0.5, 0.6) is 0 Å². The summed E-state index contributed by atoms with van der Waals surface area (Å²) >= 11 is 0. The molecule has 0 saturated carbocycles. The Morgan fingerprint density at radius 2 is 0.620 bits per heavy atom. The molecule has 0 radical (unpaired) electrons. The first-order valence-electron chi connectivity index (χ1n) is 24.1. The maximum atomic E-state index is 6.63. The molecule has 332 valence electrons. The second kappa shape index (κ2) is 15.8. The van der Waals surface area contributed by atoms with Gasteiger partial charge in [-0.1, -0.05) is 158 Å². The Morgan fingerprint density at radius 3 is 1.06 bits per heavy atom. The minimum atomic E-state index is -0.873. The summed E-state index contributed by atoms with van der Waals surface area (Å²) in [5.41, 5.74) is 15.0. The second-order valence-corrected chi connectivity index (χ2v) is 20.7. The van der Waals surface area contributed by atoms with Crippen molar-refractivity contribution in [1.82, 2.24) is 9.13 Å². The summed E-state index contributed by atoms with van der Waals surface area (Å²) in [5, 5.41) is 13.2. The van der Waals surface area contributed by atoms with Gasteiger partial charge in [-0.25, -0.2) is 0 Å². The van der Waals surface area contributed by atoms with E-state index in [1.54, 1.807) is 0 Å². The van der Waals surface area contributed by atoms with Gasteiger partial charge in [0, 0.05) is 54.5 Å². The summed E-state index contributed by atoms with van der Waals surface area (Å²) in [6.07, 6.45) is 0. The lowest BCUT2D eigenvalue weighted by atomic mass is 9.93. The van der Waals surface area contributed by atoms with E-state index in [0.29, 0.717) is 0 Å². The standard InChI is InChI=1S/C66H41N2O2P/c1-3-15-46(16-4-1)71(47-17-5-2-6-18-47)48-31-32-49(42-27-33-63-55(37-42)57-39-44(29-35-65(57)69-63)67-59-23-11-7-19-50(59)51-20-8-12-24-60(51)67)54(41-48)43-28-34-64-56(38-43)58-40-45(30-36-66(58)70-64)68-61-25-13-9-21-52(61)53-22-10-14-26-62(53)68/h1-41H. The molecule has 4 heterocycles. The highest BCUT2D eigenvalue weighted by Crippen LogP contribution is 2.43. The highest BCUT2D eigenvalue weighted by Gasteiger charge is 2.22. The fourth-order valence-corrected chi connectivity index (χ4v) is 13.6. The molecule has 0 aliphatic rings. The quantitative estimate of drug-likeness (QED) is 0.149. The number of hydrogen-bond donors (Lipinski definition) is 0. The third-order valence-corrected chi connectivity index (χ3v) is 16.9. The van der Waals surface area contributed by atoms with Crippen LogP contribution in [0.25, 0.3) is 121 Å². The highest BCUT2D eigenvalue weighted by atomic mass is 31.1. The topological polar surface area (TPSA) is 36.1 Å². The van der Waals surface area contributed by atoms with E-state index in [9.17, 15) is 0 Å². The lowest BCUT2D eigenvalue weighted by molar-refractivity contribution is 0.668. The molecule has 0 amide bonds. The maximum Gasteiger partial charge on any atom is 0.135 e. The molecular weight excluding hydrogens is 884 g/mol. The largest absolute Gasteiger partial charge is 0.456 e. The molecule has 0 atom stereocenters. The molecule has 4 nitrogen and oxygen atoms in total. The monoisotopic (exact) mass is 924 g/mol. The van der Waals surface area contributed by atoms with Crippen LogP contribution >= 0.6 is 7.92 Å². The summed E-state index contributed by atoms with van der Waals surface area (Å²) in [5.74, 6) is 0. The van der Waals surface area contributed by atoms with E-state index in [1.165, 1.54) is 59.5 Å². The molecular formula is C66H41N2O2P. The molecule has 15 rings (SSSR count). The Kier molecular flexibility index (Phi) is 8.90. The van der Waals surface area contributed by atoms with Crippen molar-refractivity contribution in [2.75, 3.05) is 0 Å². The third kappa shape index (κ3) is 6.28. The van der Waals surface area contributed by atoms with E-state index >= 15 is 0 Å². The Labute approximate surface area is 409 Å². The number of furan rings is 2. The van der Waals surface area contributed by atoms with Crippen molar-refractivity contribution in [3.63, 3.8) is 0 Å². The zero-order valence-electron chi connectivity index (χ0n) is 38.3. The van der Waals surface area contributed by atoms with E-state index in [2.05, 4.69) is 258 Å². The average molecular weight is 925 g/mol. The van der Waals surface area contributed by atoms with Gasteiger partial charge in [-0.2, -0.15) is 0 Å². The van der Waals surface area contributed by atoms with Gasteiger partial charge in [-0.15, -0.1) is 0 Å². The van der Waals surface area contributed by atoms with Crippen LogP contribution in [-0.2, 0) is 0 Å². The molecule has 0 aliphatic heterocycles. The van der Waals surface area contributed by atoms with Crippen molar-refractivity contribution < 1.29 is 8.83 Å². The zero-order chi connectivity index (χ0) is 46.6. The molecule has 11 aromatic carbocycles. The van der Waals surface area contributed by atoms with Gasteiger partial charge in [0.05, 0.1) is 22.1 Å². The second-order valence-electron chi connectivity index (χ2n) is 18.5. The number of fused-ring (bicyclic) bond motifs is 12. The Balaban J connectivity index is 0.933. The van der Waals surface area contributed by atoms with E-state index in [4.69, 9.17) is 8.83 Å². The number of rotatable bonds is 7. The van der Waals surface area contributed by atoms with Crippen LogP contribution < -0.4 is 15.9 Å².